The van der Waals surface area contributed by atoms with Crippen molar-refractivity contribution in [2.75, 3.05) is 0 Å². The number of nitrogens with zero attached hydrogens (tertiary/aromatic N) is 2. The number of hydrogen-bond donors (Lipinski definition) is 0. The largest absolute Gasteiger partial charge is 0.299 e. The molecule has 0 radical (unpaired) electrons. The van der Waals surface area contributed by atoms with Crippen LogP contribution in [0, 0.1) is 5.92 Å². The van der Waals surface area contributed by atoms with Crippen LogP contribution in [0.25, 0.3) is 0 Å². The molecule has 90 valence electrons. The zero-order valence-corrected chi connectivity index (χ0v) is 10.7. The van der Waals surface area contributed by atoms with Crippen molar-refractivity contribution in [3.63, 3.8) is 0 Å². The molecule has 0 aromatic carbocycles. The van der Waals surface area contributed by atoms with Gasteiger partial charge in [0.1, 0.15) is 5.78 Å². The Morgan fingerprint density at radius 3 is 2.56 bits per heavy atom. The number of carbonyl (C=O) groups is 1. The molecule has 0 bridgehead atoms. The van der Waals surface area contributed by atoms with Crippen molar-refractivity contribution in [2.45, 2.75) is 53.0 Å². The van der Waals surface area contributed by atoms with Gasteiger partial charge >= 0.3 is 0 Å². The van der Waals surface area contributed by atoms with Crippen molar-refractivity contribution in [3.8, 4) is 0 Å². The van der Waals surface area contributed by atoms with Crippen molar-refractivity contribution >= 4 is 5.78 Å². The third-order valence-electron chi connectivity index (χ3n) is 2.69. The van der Waals surface area contributed by atoms with Crippen LogP contribution in [0.3, 0.4) is 0 Å². The van der Waals surface area contributed by atoms with Gasteiger partial charge in [-0.2, -0.15) is 5.10 Å². The smallest absolute Gasteiger partial charge is 0.135 e. The number of aryl methyl sites for hydroxylation is 1. The molecule has 3 heteroatoms. The van der Waals surface area contributed by atoms with E-state index in [9.17, 15) is 4.79 Å². The fourth-order valence-corrected chi connectivity index (χ4v) is 1.53. The van der Waals surface area contributed by atoms with Gasteiger partial charge in [-0.1, -0.05) is 13.8 Å². The van der Waals surface area contributed by atoms with Gasteiger partial charge in [-0.15, -0.1) is 0 Å². The molecule has 0 atom stereocenters. The summed E-state index contributed by atoms with van der Waals surface area (Å²) in [5.41, 5.74) is 1.09. The molecule has 1 heterocycles. The first-order valence-electron chi connectivity index (χ1n) is 6.07. The number of Topliss-reactive ketones (excluding diaryl/α,β-unsaturated/α-hetero) is 1. The average Bonchev–Trinajstić information content (AvgIpc) is 2.66. The van der Waals surface area contributed by atoms with E-state index in [0.717, 1.165) is 18.5 Å². The lowest BCUT2D eigenvalue weighted by molar-refractivity contribution is -0.121. The molecular weight excluding hydrogens is 200 g/mol. The number of ketones is 1. The van der Waals surface area contributed by atoms with Gasteiger partial charge in [0.05, 0.1) is 5.69 Å². The highest BCUT2D eigenvalue weighted by Gasteiger charge is 2.07. The molecule has 0 fully saturated rings. The zero-order valence-electron chi connectivity index (χ0n) is 10.7. The summed E-state index contributed by atoms with van der Waals surface area (Å²) in [6.07, 6.45) is 4.49. The van der Waals surface area contributed by atoms with E-state index in [1.165, 1.54) is 0 Å². The Labute approximate surface area is 97.8 Å². The third kappa shape index (κ3) is 3.80. The van der Waals surface area contributed by atoms with Crippen LogP contribution in [0.15, 0.2) is 12.3 Å². The Morgan fingerprint density at radius 2 is 2.06 bits per heavy atom. The van der Waals surface area contributed by atoms with Crippen LogP contribution in [0.4, 0.5) is 0 Å². The van der Waals surface area contributed by atoms with Gasteiger partial charge in [-0.25, -0.2) is 0 Å². The maximum atomic E-state index is 11.4. The van der Waals surface area contributed by atoms with Crippen LogP contribution in [0.5, 0.6) is 0 Å². The molecule has 0 amide bonds. The maximum Gasteiger partial charge on any atom is 0.135 e. The van der Waals surface area contributed by atoms with Crippen LogP contribution in [-0.4, -0.2) is 15.6 Å². The Bertz CT molecular complexity index is 339. The fourth-order valence-electron chi connectivity index (χ4n) is 1.53. The summed E-state index contributed by atoms with van der Waals surface area (Å²) in [5.74, 6) is 0.511. The van der Waals surface area contributed by atoms with Gasteiger partial charge in [-0.3, -0.25) is 9.48 Å². The monoisotopic (exact) mass is 222 g/mol. The van der Waals surface area contributed by atoms with Crippen molar-refractivity contribution in [1.82, 2.24) is 9.78 Å². The van der Waals surface area contributed by atoms with E-state index < -0.39 is 0 Å². The van der Waals surface area contributed by atoms with Crippen molar-refractivity contribution < 1.29 is 4.79 Å². The Kier molecular flexibility index (Phi) is 4.71. The Balaban J connectivity index is 2.35. The highest BCUT2D eigenvalue weighted by Crippen LogP contribution is 2.09. The lowest BCUT2D eigenvalue weighted by Gasteiger charge is -2.04. The zero-order chi connectivity index (χ0) is 12.1. The van der Waals surface area contributed by atoms with Gasteiger partial charge in [0.25, 0.3) is 0 Å². The van der Waals surface area contributed by atoms with Crippen molar-refractivity contribution in [3.05, 3.63) is 18.0 Å². The second-order valence-electron chi connectivity index (χ2n) is 4.86. The molecule has 1 aromatic heterocycles. The maximum absolute atomic E-state index is 11.4. The van der Waals surface area contributed by atoms with E-state index in [-0.39, 0.29) is 5.92 Å². The quantitative estimate of drug-likeness (QED) is 0.741. The molecule has 0 unspecified atom stereocenters. The fraction of sp³-hybridized carbons (Fsp3) is 0.692. The van der Waals surface area contributed by atoms with E-state index in [2.05, 4.69) is 18.9 Å². The summed E-state index contributed by atoms with van der Waals surface area (Å²) in [5, 5.41) is 4.46. The van der Waals surface area contributed by atoms with Gasteiger partial charge in [-0.05, 0) is 32.8 Å². The average molecular weight is 222 g/mol. The van der Waals surface area contributed by atoms with E-state index in [1.807, 2.05) is 30.8 Å². The van der Waals surface area contributed by atoms with Crippen LogP contribution < -0.4 is 0 Å². The van der Waals surface area contributed by atoms with Gasteiger partial charge < -0.3 is 0 Å². The van der Waals surface area contributed by atoms with Crippen molar-refractivity contribution in [2.24, 2.45) is 5.92 Å². The second kappa shape index (κ2) is 5.83. The number of rotatable bonds is 6. The predicted molar refractivity (Wildman–Crippen MR) is 65.4 cm³/mol. The highest BCUT2D eigenvalue weighted by atomic mass is 16.1. The Hall–Kier alpha value is -1.12. The van der Waals surface area contributed by atoms with Crippen LogP contribution in [0.2, 0.25) is 0 Å². The predicted octanol–water partition coefficient (Wildman–Crippen LogP) is 3.01. The SMILES string of the molecule is CC(C)C(=O)CCCc1ccn(C(C)C)n1. The molecule has 0 aliphatic rings. The standard InChI is InChI=1S/C13H22N2O/c1-10(2)13(16)7-5-6-12-8-9-15(14-12)11(3)4/h8-11H,5-7H2,1-4H3. The lowest BCUT2D eigenvalue weighted by atomic mass is 10.0. The van der Waals surface area contributed by atoms with Crippen molar-refractivity contribution in [1.29, 1.82) is 0 Å². The minimum atomic E-state index is 0.160. The van der Waals surface area contributed by atoms with E-state index in [0.29, 0.717) is 18.2 Å². The third-order valence-corrected chi connectivity index (χ3v) is 2.69. The van der Waals surface area contributed by atoms with Crippen LogP contribution >= 0.6 is 0 Å². The molecule has 0 N–H and O–H groups in total. The van der Waals surface area contributed by atoms with Crippen LogP contribution in [0.1, 0.15) is 52.3 Å². The molecule has 0 saturated heterocycles. The molecule has 0 spiro atoms. The first-order valence-corrected chi connectivity index (χ1v) is 6.07. The first-order chi connectivity index (χ1) is 7.50. The van der Waals surface area contributed by atoms with E-state index >= 15 is 0 Å². The van der Waals surface area contributed by atoms with Gasteiger partial charge in [0.15, 0.2) is 0 Å². The molecular formula is C13H22N2O. The van der Waals surface area contributed by atoms with Gasteiger partial charge in [0, 0.05) is 24.6 Å². The Morgan fingerprint density at radius 1 is 1.38 bits per heavy atom. The summed E-state index contributed by atoms with van der Waals surface area (Å²) in [4.78, 5) is 11.4. The summed E-state index contributed by atoms with van der Waals surface area (Å²) >= 11 is 0. The minimum absolute atomic E-state index is 0.160. The number of hydrogen-bond acceptors (Lipinski definition) is 2. The molecule has 16 heavy (non-hydrogen) atoms. The molecule has 1 rings (SSSR count). The molecule has 1 aromatic rings. The molecule has 0 saturated carbocycles. The lowest BCUT2D eigenvalue weighted by Crippen LogP contribution is -2.07. The van der Waals surface area contributed by atoms with Crippen LogP contribution in [-0.2, 0) is 11.2 Å². The highest BCUT2D eigenvalue weighted by molar-refractivity contribution is 5.80. The normalized spacial score (nSPS) is 11.4. The molecule has 3 nitrogen and oxygen atoms in total. The van der Waals surface area contributed by atoms with E-state index in [1.54, 1.807) is 0 Å². The molecule has 0 aliphatic carbocycles. The number of carbonyl (C=O) groups excluding carboxylic acids is 1. The van der Waals surface area contributed by atoms with E-state index in [4.69, 9.17) is 0 Å². The summed E-state index contributed by atoms with van der Waals surface area (Å²) < 4.78 is 1.96. The topological polar surface area (TPSA) is 34.9 Å². The summed E-state index contributed by atoms with van der Waals surface area (Å²) in [6, 6.07) is 2.45. The second-order valence-corrected chi connectivity index (χ2v) is 4.86. The summed E-state index contributed by atoms with van der Waals surface area (Å²) in [6.45, 7) is 8.13. The first kappa shape index (κ1) is 12.9. The minimum Gasteiger partial charge on any atom is -0.299 e. The molecule has 0 aliphatic heterocycles. The number of aromatic nitrogens is 2. The van der Waals surface area contributed by atoms with Gasteiger partial charge in [0.2, 0.25) is 0 Å². The summed E-state index contributed by atoms with van der Waals surface area (Å²) in [7, 11) is 0.